The number of ether oxygens (including phenoxy) is 1. The van der Waals surface area contributed by atoms with E-state index in [-0.39, 0.29) is 5.82 Å². The highest BCUT2D eigenvalue weighted by Crippen LogP contribution is 2.17. The molecule has 0 amide bonds. The molecule has 0 saturated heterocycles. The van der Waals surface area contributed by atoms with Gasteiger partial charge in [-0.3, -0.25) is 0 Å². The molecule has 0 aromatic heterocycles. The number of benzene rings is 1. The summed E-state index contributed by atoms with van der Waals surface area (Å²) in [6.45, 7) is 4.92. The van der Waals surface area contributed by atoms with E-state index in [4.69, 9.17) is 4.74 Å². The molecule has 84 valence electrons. The lowest BCUT2D eigenvalue weighted by Crippen LogP contribution is -2.24. The maximum atomic E-state index is 13.3. The number of methoxy groups -OCH3 is 1. The van der Waals surface area contributed by atoms with Gasteiger partial charge >= 0.3 is 0 Å². The summed E-state index contributed by atoms with van der Waals surface area (Å²) in [6, 6.07) is 5.49. The van der Waals surface area contributed by atoms with Crippen LogP contribution in [0.1, 0.15) is 25.8 Å². The Kier molecular flexibility index (Phi) is 4.56. The summed E-state index contributed by atoms with van der Waals surface area (Å²) in [5, 5.41) is 3.31. The predicted molar refractivity (Wildman–Crippen MR) is 59.5 cm³/mol. The van der Waals surface area contributed by atoms with Crippen molar-refractivity contribution >= 4 is 0 Å². The molecule has 1 aromatic carbocycles. The molecule has 1 N–H and O–H groups in total. The van der Waals surface area contributed by atoms with Crippen LogP contribution in [-0.2, 0) is 6.54 Å². The Morgan fingerprint density at radius 3 is 2.73 bits per heavy atom. The van der Waals surface area contributed by atoms with E-state index in [0.29, 0.717) is 18.3 Å². The Bertz CT molecular complexity index is 314. The van der Waals surface area contributed by atoms with Crippen LogP contribution in [0.3, 0.4) is 0 Å². The lowest BCUT2D eigenvalue weighted by Gasteiger charge is -2.11. The van der Waals surface area contributed by atoms with Crippen molar-refractivity contribution in [3.05, 3.63) is 29.6 Å². The lowest BCUT2D eigenvalue weighted by atomic mass is 10.2. The Morgan fingerprint density at radius 1 is 1.47 bits per heavy atom. The van der Waals surface area contributed by atoms with Crippen molar-refractivity contribution < 1.29 is 9.13 Å². The molecule has 1 atom stereocenters. The van der Waals surface area contributed by atoms with Gasteiger partial charge in [-0.1, -0.05) is 13.0 Å². The molecule has 0 radical (unpaired) electrons. The molecule has 0 aliphatic heterocycles. The normalized spacial score (nSPS) is 12.5. The van der Waals surface area contributed by atoms with Gasteiger partial charge in [-0.15, -0.1) is 0 Å². The van der Waals surface area contributed by atoms with E-state index in [1.165, 1.54) is 13.2 Å². The summed E-state index contributed by atoms with van der Waals surface area (Å²) in [7, 11) is 1.47. The van der Waals surface area contributed by atoms with Crippen LogP contribution in [0.25, 0.3) is 0 Å². The Hall–Kier alpha value is -1.09. The third-order valence-corrected chi connectivity index (χ3v) is 2.48. The quantitative estimate of drug-likeness (QED) is 0.808. The Labute approximate surface area is 90.4 Å². The summed E-state index contributed by atoms with van der Waals surface area (Å²) in [4.78, 5) is 0. The van der Waals surface area contributed by atoms with E-state index < -0.39 is 0 Å². The van der Waals surface area contributed by atoms with Gasteiger partial charge in [0.15, 0.2) is 11.6 Å². The standard InChI is InChI=1S/C12H18FNO/c1-4-9(2)14-8-10-5-6-12(15-3)11(13)7-10/h5-7,9,14H,4,8H2,1-3H3/t9-/m1/s1. The van der Waals surface area contributed by atoms with Crippen LogP contribution in [0.4, 0.5) is 4.39 Å². The first kappa shape index (κ1) is 12.0. The first-order chi connectivity index (χ1) is 7.17. The monoisotopic (exact) mass is 211 g/mol. The molecule has 0 aliphatic carbocycles. The second-order valence-corrected chi connectivity index (χ2v) is 3.66. The minimum Gasteiger partial charge on any atom is -0.494 e. The topological polar surface area (TPSA) is 21.3 Å². The molecule has 0 fully saturated rings. The molecule has 0 heterocycles. The molecule has 0 aliphatic rings. The molecular formula is C12H18FNO. The highest BCUT2D eigenvalue weighted by atomic mass is 19.1. The smallest absolute Gasteiger partial charge is 0.165 e. The summed E-state index contributed by atoms with van der Waals surface area (Å²) in [6.07, 6.45) is 1.07. The zero-order valence-electron chi connectivity index (χ0n) is 9.51. The van der Waals surface area contributed by atoms with Gasteiger partial charge < -0.3 is 10.1 Å². The van der Waals surface area contributed by atoms with Gasteiger partial charge in [-0.25, -0.2) is 4.39 Å². The Morgan fingerprint density at radius 2 is 2.20 bits per heavy atom. The SMILES string of the molecule is CC[C@@H](C)NCc1ccc(OC)c(F)c1. The van der Waals surface area contributed by atoms with Crippen LogP contribution < -0.4 is 10.1 Å². The molecule has 0 saturated carbocycles. The average Bonchev–Trinajstić information content (AvgIpc) is 2.26. The highest BCUT2D eigenvalue weighted by molar-refractivity contribution is 5.29. The largest absolute Gasteiger partial charge is 0.494 e. The van der Waals surface area contributed by atoms with Crippen molar-refractivity contribution in [1.29, 1.82) is 0 Å². The fourth-order valence-electron chi connectivity index (χ4n) is 1.26. The van der Waals surface area contributed by atoms with E-state index in [1.54, 1.807) is 6.07 Å². The zero-order valence-corrected chi connectivity index (χ0v) is 9.51. The number of hydrogen-bond acceptors (Lipinski definition) is 2. The molecule has 0 bridgehead atoms. The molecule has 0 spiro atoms. The summed E-state index contributed by atoms with van der Waals surface area (Å²) in [5.74, 6) is -0.0109. The molecule has 2 nitrogen and oxygen atoms in total. The van der Waals surface area contributed by atoms with Crippen LogP contribution >= 0.6 is 0 Å². The van der Waals surface area contributed by atoms with E-state index in [9.17, 15) is 4.39 Å². The molecule has 1 aromatic rings. The maximum Gasteiger partial charge on any atom is 0.165 e. The van der Waals surface area contributed by atoms with Gasteiger partial charge in [0.2, 0.25) is 0 Å². The van der Waals surface area contributed by atoms with Gasteiger partial charge in [-0.05, 0) is 31.0 Å². The predicted octanol–water partition coefficient (Wildman–Crippen LogP) is 2.72. The van der Waals surface area contributed by atoms with Gasteiger partial charge in [0.05, 0.1) is 7.11 Å². The van der Waals surface area contributed by atoms with E-state index in [0.717, 1.165) is 12.0 Å². The third kappa shape index (κ3) is 3.51. The zero-order chi connectivity index (χ0) is 11.3. The minimum absolute atomic E-state index is 0.294. The minimum atomic E-state index is -0.305. The van der Waals surface area contributed by atoms with Crippen LogP contribution in [0.2, 0.25) is 0 Å². The summed E-state index contributed by atoms with van der Waals surface area (Å²) >= 11 is 0. The number of hydrogen-bond donors (Lipinski definition) is 1. The number of rotatable bonds is 5. The molecule has 1 rings (SSSR count). The van der Waals surface area contributed by atoms with Crippen molar-refractivity contribution in [2.24, 2.45) is 0 Å². The van der Waals surface area contributed by atoms with Crippen LogP contribution in [0.15, 0.2) is 18.2 Å². The van der Waals surface area contributed by atoms with E-state index >= 15 is 0 Å². The Balaban J connectivity index is 2.59. The molecule has 0 unspecified atom stereocenters. The number of nitrogens with one attached hydrogen (secondary N) is 1. The summed E-state index contributed by atoms with van der Waals surface area (Å²) in [5.41, 5.74) is 0.939. The molecular weight excluding hydrogens is 193 g/mol. The van der Waals surface area contributed by atoms with Crippen molar-refractivity contribution in [3.63, 3.8) is 0 Å². The molecule has 15 heavy (non-hydrogen) atoms. The highest BCUT2D eigenvalue weighted by Gasteiger charge is 2.04. The van der Waals surface area contributed by atoms with Crippen molar-refractivity contribution in [2.75, 3.05) is 7.11 Å². The van der Waals surface area contributed by atoms with Gasteiger partial charge in [0, 0.05) is 12.6 Å². The first-order valence-corrected chi connectivity index (χ1v) is 5.23. The second kappa shape index (κ2) is 5.71. The van der Waals surface area contributed by atoms with Crippen molar-refractivity contribution in [1.82, 2.24) is 5.32 Å². The fraction of sp³-hybridized carbons (Fsp3) is 0.500. The maximum absolute atomic E-state index is 13.3. The summed E-state index contributed by atoms with van der Waals surface area (Å²) < 4.78 is 18.2. The van der Waals surface area contributed by atoms with Gasteiger partial charge in [-0.2, -0.15) is 0 Å². The average molecular weight is 211 g/mol. The van der Waals surface area contributed by atoms with Crippen LogP contribution in [-0.4, -0.2) is 13.2 Å². The molecule has 3 heteroatoms. The van der Waals surface area contributed by atoms with Gasteiger partial charge in [0.1, 0.15) is 0 Å². The van der Waals surface area contributed by atoms with Crippen molar-refractivity contribution in [2.45, 2.75) is 32.9 Å². The first-order valence-electron chi connectivity index (χ1n) is 5.23. The number of halogens is 1. The van der Waals surface area contributed by atoms with Crippen LogP contribution in [0.5, 0.6) is 5.75 Å². The van der Waals surface area contributed by atoms with E-state index in [2.05, 4.69) is 19.2 Å². The lowest BCUT2D eigenvalue weighted by molar-refractivity contribution is 0.386. The fourth-order valence-corrected chi connectivity index (χ4v) is 1.26. The van der Waals surface area contributed by atoms with Crippen LogP contribution in [0, 0.1) is 5.82 Å². The van der Waals surface area contributed by atoms with Crippen molar-refractivity contribution in [3.8, 4) is 5.75 Å². The third-order valence-electron chi connectivity index (χ3n) is 2.48. The second-order valence-electron chi connectivity index (χ2n) is 3.66. The van der Waals surface area contributed by atoms with Gasteiger partial charge in [0.25, 0.3) is 0 Å². The van der Waals surface area contributed by atoms with E-state index in [1.807, 2.05) is 6.07 Å².